The molecule has 0 bridgehead atoms. The summed E-state index contributed by atoms with van der Waals surface area (Å²) in [6.45, 7) is 1.61. The lowest BCUT2D eigenvalue weighted by Gasteiger charge is -1.98. The van der Waals surface area contributed by atoms with E-state index in [0.717, 1.165) is 6.07 Å². The highest BCUT2D eigenvalue weighted by atomic mass is 19.1. The van der Waals surface area contributed by atoms with Gasteiger partial charge >= 0.3 is 0 Å². The Labute approximate surface area is 62.5 Å². The van der Waals surface area contributed by atoms with Crippen LogP contribution in [0.4, 0.5) is 10.1 Å². The van der Waals surface area contributed by atoms with Gasteiger partial charge in [0, 0.05) is 0 Å². The SMILES string of the molecule is Cc1cc(F)c(O)c(N=O)c1. The zero-order chi connectivity index (χ0) is 8.43. The molecule has 0 aromatic heterocycles. The fourth-order valence-corrected chi connectivity index (χ4v) is 0.786. The molecule has 3 nitrogen and oxygen atoms in total. The van der Waals surface area contributed by atoms with Crippen LogP contribution in [0.15, 0.2) is 17.3 Å². The lowest BCUT2D eigenvalue weighted by molar-refractivity contribution is 0.433. The third kappa shape index (κ3) is 1.34. The van der Waals surface area contributed by atoms with Crippen molar-refractivity contribution in [3.05, 3.63) is 28.4 Å². The van der Waals surface area contributed by atoms with Gasteiger partial charge in [-0.25, -0.2) is 4.39 Å². The molecule has 58 valence electrons. The van der Waals surface area contributed by atoms with Crippen molar-refractivity contribution >= 4 is 5.69 Å². The summed E-state index contributed by atoms with van der Waals surface area (Å²) >= 11 is 0. The van der Waals surface area contributed by atoms with Gasteiger partial charge in [-0.15, -0.1) is 4.91 Å². The molecule has 1 aromatic rings. The number of benzene rings is 1. The van der Waals surface area contributed by atoms with Crippen molar-refractivity contribution in [1.29, 1.82) is 0 Å². The smallest absolute Gasteiger partial charge is 0.181 e. The first-order valence-corrected chi connectivity index (χ1v) is 2.97. The van der Waals surface area contributed by atoms with Crippen molar-refractivity contribution in [2.45, 2.75) is 6.92 Å². The van der Waals surface area contributed by atoms with Gasteiger partial charge in [-0.1, -0.05) is 0 Å². The monoisotopic (exact) mass is 155 g/mol. The second kappa shape index (κ2) is 2.65. The first kappa shape index (κ1) is 7.65. The first-order chi connectivity index (χ1) is 5.15. The van der Waals surface area contributed by atoms with E-state index in [4.69, 9.17) is 5.11 Å². The fourth-order valence-electron chi connectivity index (χ4n) is 0.786. The van der Waals surface area contributed by atoms with Crippen molar-refractivity contribution < 1.29 is 9.50 Å². The molecule has 0 aliphatic carbocycles. The van der Waals surface area contributed by atoms with Gasteiger partial charge in [0.15, 0.2) is 17.3 Å². The average molecular weight is 155 g/mol. The van der Waals surface area contributed by atoms with Gasteiger partial charge in [0.25, 0.3) is 0 Å². The van der Waals surface area contributed by atoms with Crippen molar-refractivity contribution in [1.82, 2.24) is 0 Å². The number of nitroso groups, excluding NO2 is 1. The molecule has 1 N–H and O–H groups in total. The van der Waals surface area contributed by atoms with E-state index < -0.39 is 11.6 Å². The third-order valence-corrected chi connectivity index (χ3v) is 1.29. The number of halogens is 1. The normalized spacial score (nSPS) is 9.64. The first-order valence-electron chi connectivity index (χ1n) is 2.97. The van der Waals surface area contributed by atoms with Crippen LogP contribution in [-0.4, -0.2) is 5.11 Å². The van der Waals surface area contributed by atoms with Gasteiger partial charge in [0.05, 0.1) is 0 Å². The molecule has 0 aliphatic rings. The van der Waals surface area contributed by atoms with Crippen LogP contribution in [0, 0.1) is 17.6 Å². The minimum atomic E-state index is -0.820. The van der Waals surface area contributed by atoms with Crippen LogP contribution in [0.25, 0.3) is 0 Å². The molecule has 1 aromatic carbocycles. The third-order valence-electron chi connectivity index (χ3n) is 1.29. The summed E-state index contributed by atoms with van der Waals surface area (Å²) in [5, 5.41) is 11.3. The van der Waals surface area contributed by atoms with Gasteiger partial charge in [0.2, 0.25) is 0 Å². The molecule has 0 heterocycles. The standard InChI is InChI=1S/C7H6FNO2/c1-4-2-5(8)7(10)6(3-4)9-11/h2-3,10H,1H3. The van der Waals surface area contributed by atoms with E-state index >= 15 is 0 Å². The molecule has 0 saturated heterocycles. The van der Waals surface area contributed by atoms with Crippen LogP contribution in [0.1, 0.15) is 5.56 Å². The summed E-state index contributed by atoms with van der Waals surface area (Å²) in [5.41, 5.74) is 0.289. The quantitative estimate of drug-likeness (QED) is 0.632. The summed E-state index contributed by atoms with van der Waals surface area (Å²) in [6, 6.07) is 2.44. The van der Waals surface area contributed by atoms with E-state index in [9.17, 15) is 9.30 Å². The van der Waals surface area contributed by atoms with Crippen LogP contribution in [0.2, 0.25) is 0 Å². The van der Waals surface area contributed by atoms with Gasteiger partial charge < -0.3 is 5.11 Å². The van der Waals surface area contributed by atoms with E-state index in [-0.39, 0.29) is 5.69 Å². The largest absolute Gasteiger partial charge is 0.503 e. The second-order valence-corrected chi connectivity index (χ2v) is 2.21. The molecule has 0 unspecified atom stereocenters. The Morgan fingerprint density at radius 1 is 1.55 bits per heavy atom. The Balaban J connectivity index is 3.35. The van der Waals surface area contributed by atoms with Gasteiger partial charge in [-0.3, -0.25) is 0 Å². The molecule has 0 radical (unpaired) electrons. The fraction of sp³-hybridized carbons (Fsp3) is 0.143. The molecule has 0 atom stereocenters. The highest BCUT2D eigenvalue weighted by molar-refractivity contribution is 5.53. The Morgan fingerprint density at radius 2 is 2.18 bits per heavy atom. The summed E-state index contributed by atoms with van der Waals surface area (Å²) in [4.78, 5) is 9.96. The van der Waals surface area contributed by atoms with Gasteiger partial charge in [-0.2, -0.15) is 0 Å². The molecule has 11 heavy (non-hydrogen) atoms. The van der Waals surface area contributed by atoms with Crippen LogP contribution < -0.4 is 0 Å². The number of phenolic OH excluding ortho intramolecular Hbond substituents is 1. The molecule has 0 amide bonds. The maximum Gasteiger partial charge on any atom is 0.181 e. The van der Waals surface area contributed by atoms with E-state index in [2.05, 4.69) is 5.18 Å². The summed E-state index contributed by atoms with van der Waals surface area (Å²) in [6.07, 6.45) is 0. The number of aryl methyl sites for hydroxylation is 1. The number of aromatic hydroxyl groups is 1. The molecule has 0 aliphatic heterocycles. The number of hydrogen-bond acceptors (Lipinski definition) is 3. The van der Waals surface area contributed by atoms with E-state index in [1.165, 1.54) is 6.07 Å². The number of nitrogens with zero attached hydrogens (tertiary/aromatic N) is 1. The molecule has 0 fully saturated rings. The highest BCUT2D eigenvalue weighted by Gasteiger charge is 2.07. The Bertz CT molecular complexity index is 299. The lowest BCUT2D eigenvalue weighted by atomic mass is 10.2. The van der Waals surface area contributed by atoms with Gasteiger partial charge in [-0.05, 0) is 29.8 Å². The molecular formula is C7H6FNO2. The maximum atomic E-state index is 12.6. The predicted molar refractivity (Wildman–Crippen MR) is 38.3 cm³/mol. The van der Waals surface area contributed by atoms with Crippen molar-refractivity contribution in [3.63, 3.8) is 0 Å². The van der Waals surface area contributed by atoms with Crippen molar-refractivity contribution in [3.8, 4) is 5.75 Å². The molecular weight excluding hydrogens is 149 g/mol. The molecule has 0 spiro atoms. The van der Waals surface area contributed by atoms with Crippen LogP contribution in [0.3, 0.4) is 0 Å². The lowest BCUT2D eigenvalue weighted by Crippen LogP contribution is -1.79. The number of hydrogen-bond donors (Lipinski definition) is 1. The number of rotatable bonds is 1. The van der Waals surface area contributed by atoms with E-state index in [1.807, 2.05) is 0 Å². The van der Waals surface area contributed by atoms with E-state index in [1.54, 1.807) is 6.92 Å². The Kier molecular flexibility index (Phi) is 1.85. The average Bonchev–Trinajstić information content (AvgIpc) is 1.96. The zero-order valence-electron chi connectivity index (χ0n) is 5.84. The van der Waals surface area contributed by atoms with Crippen LogP contribution in [0.5, 0.6) is 5.75 Å². The number of phenols is 1. The maximum absolute atomic E-state index is 12.6. The van der Waals surface area contributed by atoms with E-state index in [0.29, 0.717) is 5.56 Å². The minimum absolute atomic E-state index is 0.262. The Hall–Kier alpha value is -1.45. The molecule has 1 rings (SSSR count). The van der Waals surface area contributed by atoms with Crippen molar-refractivity contribution in [2.24, 2.45) is 5.18 Å². The second-order valence-electron chi connectivity index (χ2n) is 2.21. The zero-order valence-corrected chi connectivity index (χ0v) is 5.84. The van der Waals surface area contributed by atoms with Gasteiger partial charge in [0.1, 0.15) is 0 Å². The Morgan fingerprint density at radius 3 is 2.73 bits per heavy atom. The topological polar surface area (TPSA) is 49.7 Å². The summed E-state index contributed by atoms with van der Waals surface area (Å²) < 4.78 is 12.6. The molecule has 0 saturated carbocycles. The summed E-state index contributed by atoms with van der Waals surface area (Å²) in [5.74, 6) is -1.51. The predicted octanol–water partition coefficient (Wildman–Crippen LogP) is 2.24. The summed E-state index contributed by atoms with van der Waals surface area (Å²) in [7, 11) is 0. The van der Waals surface area contributed by atoms with Crippen LogP contribution in [-0.2, 0) is 0 Å². The minimum Gasteiger partial charge on any atom is -0.503 e. The van der Waals surface area contributed by atoms with Crippen LogP contribution >= 0.6 is 0 Å². The highest BCUT2D eigenvalue weighted by Crippen LogP contribution is 2.29. The van der Waals surface area contributed by atoms with Crippen molar-refractivity contribution in [2.75, 3.05) is 0 Å². The molecule has 4 heteroatoms.